The quantitative estimate of drug-likeness (QED) is 0.738. The van der Waals surface area contributed by atoms with Crippen LogP contribution in [0.2, 0.25) is 5.15 Å². The predicted molar refractivity (Wildman–Crippen MR) is 86.9 cm³/mol. The number of fused-ring (bicyclic) bond motifs is 1. The Morgan fingerprint density at radius 3 is 2.55 bits per heavy atom. The number of pyridine rings is 2. The molecular formula is C17H11ClN2O2. The maximum atomic E-state index is 11.3. The molecule has 3 aromatic rings. The van der Waals surface area contributed by atoms with E-state index in [4.69, 9.17) is 11.6 Å². The molecule has 0 unspecified atom stereocenters. The molecule has 0 amide bonds. The van der Waals surface area contributed by atoms with Gasteiger partial charge >= 0.3 is 5.97 Å². The largest absolute Gasteiger partial charge is 0.478 e. The zero-order chi connectivity index (χ0) is 15.5. The number of carboxylic acid groups (broad SMARTS) is 1. The predicted octanol–water partition coefficient (Wildman–Crippen LogP) is 4.15. The number of nitrogens with zero attached hydrogens (tertiary/aromatic N) is 2. The molecule has 0 radical (unpaired) electrons. The number of aromatic nitrogens is 2. The van der Waals surface area contributed by atoms with Crippen LogP contribution in [0.1, 0.15) is 21.5 Å². The van der Waals surface area contributed by atoms with Crippen molar-refractivity contribution in [1.29, 1.82) is 0 Å². The number of benzene rings is 1. The molecule has 0 aliphatic carbocycles. The number of carboxylic acids is 1. The summed E-state index contributed by atoms with van der Waals surface area (Å²) in [6, 6.07) is 10.6. The summed E-state index contributed by atoms with van der Waals surface area (Å²) in [6.07, 6.45) is 6.95. The average Bonchev–Trinajstić information content (AvgIpc) is 2.53. The summed E-state index contributed by atoms with van der Waals surface area (Å²) < 4.78 is 0. The van der Waals surface area contributed by atoms with Gasteiger partial charge in [-0.3, -0.25) is 4.98 Å². The lowest BCUT2D eigenvalue weighted by molar-refractivity contribution is 0.0699. The van der Waals surface area contributed by atoms with Crippen molar-refractivity contribution in [2.45, 2.75) is 0 Å². The van der Waals surface area contributed by atoms with Crippen LogP contribution in [0.4, 0.5) is 0 Å². The molecule has 0 saturated carbocycles. The molecule has 4 nitrogen and oxygen atoms in total. The second-order valence-corrected chi connectivity index (χ2v) is 5.08. The number of halogens is 1. The second-order valence-electron chi connectivity index (χ2n) is 4.69. The monoisotopic (exact) mass is 310 g/mol. The van der Waals surface area contributed by atoms with Gasteiger partial charge in [-0.1, -0.05) is 35.9 Å². The van der Waals surface area contributed by atoms with Gasteiger partial charge < -0.3 is 5.11 Å². The smallest absolute Gasteiger partial charge is 0.336 e. The molecule has 5 heteroatoms. The van der Waals surface area contributed by atoms with E-state index in [1.165, 1.54) is 12.3 Å². The van der Waals surface area contributed by atoms with Crippen LogP contribution >= 0.6 is 11.6 Å². The Morgan fingerprint density at radius 1 is 1.05 bits per heavy atom. The average molecular weight is 311 g/mol. The van der Waals surface area contributed by atoms with E-state index in [0.717, 1.165) is 11.1 Å². The summed E-state index contributed by atoms with van der Waals surface area (Å²) in [5, 5.41) is 10.3. The lowest BCUT2D eigenvalue weighted by Gasteiger charge is -2.03. The fourth-order valence-electron chi connectivity index (χ4n) is 2.13. The van der Waals surface area contributed by atoms with E-state index in [2.05, 4.69) is 9.97 Å². The molecule has 0 aliphatic heterocycles. The third-order valence-corrected chi connectivity index (χ3v) is 3.44. The van der Waals surface area contributed by atoms with Gasteiger partial charge in [0.1, 0.15) is 5.15 Å². The fraction of sp³-hybridized carbons (Fsp3) is 0. The third kappa shape index (κ3) is 2.97. The molecule has 0 aliphatic rings. The van der Waals surface area contributed by atoms with Crippen molar-refractivity contribution in [3.63, 3.8) is 0 Å². The first-order valence-corrected chi connectivity index (χ1v) is 6.93. The number of aromatic carboxylic acids is 1. The van der Waals surface area contributed by atoms with Crippen LogP contribution in [0.3, 0.4) is 0 Å². The summed E-state index contributed by atoms with van der Waals surface area (Å²) in [6.45, 7) is 0. The summed E-state index contributed by atoms with van der Waals surface area (Å²) in [4.78, 5) is 19.5. The zero-order valence-corrected chi connectivity index (χ0v) is 12.2. The van der Waals surface area contributed by atoms with Crippen molar-refractivity contribution in [3.05, 3.63) is 70.6 Å². The van der Waals surface area contributed by atoms with Crippen LogP contribution in [-0.4, -0.2) is 21.0 Å². The molecule has 0 saturated heterocycles. The molecule has 0 atom stereocenters. The van der Waals surface area contributed by atoms with E-state index in [1.807, 2.05) is 36.4 Å². The summed E-state index contributed by atoms with van der Waals surface area (Å²) in [7, 11) is 0. The molecule has 0 fully saturated rings. The first kappa shape index (κ1) is 14.2. The van der Waals surface area contributed by atoms with Crippen LogP contribution in [0, 0.1) is 0 Å². The second kappa shape index (κ2) is 5.95. The number of hydrogen-bond donors (Lipinski definition) is 1. The first-order valence-electron chi connectivity index (χ1n) is 6.55. The Bertz CT molecular complexity index is 873. The van der Waals surface area contributed by atoms with Crippen molar-refractivity contribution in [3.8, 4) is 0 Å². The molecule has 108 valence electrons. The minimum atomic E-state index is -0.963. The Kier molecular flexibility index (Phi) is 3.85. The van der Waals surface area contributed by atoms with E-state index in [1.54, 1.807) is 12.3 Å². The van der Waals surface area contributed by atoms with Gasteiger partial charge in [0.25, 0.3) is 0 Å². The highest BCUT2D eigenvalue weighted by Crippen LogP contribution is 2.20. The zero-order valence-electron chi connectivity index (χ0n) is 11.4. The fourth-order valence-corrected chi connectivity index (χ4v) is 2.24. The van der Waals surface area contributed by atoms with Crippen LogP contribution in [0.25, 0.3) is 23.1 Å². The topological polar surface area (TPSA) is 63.1 Å². The van der Waals surface area contributed by atoms with Gasteiger partial charge in [0.05, 0.1) is 11.1 Å². The summed E-state index contributed by atoms with van der Waals surface area (Å²) >= 11 is 5.74. The van der Waals surface area contributed by atoms with Crippen LogP contribution in [0.5, 0.6) is 0 Å². The van der Waals surface area contributed by atoms with E-state index in [-0.39, 0.29) is 5.56 Å². The van der Waals surface area contributed by atoms with Gasteiger partial charge in [0.15, 0.2) is 0 Å². The van der Waals surface area contributed by atoms with E-state index in [9.17, 15) is 9.90 Å². The Morgan fingerprint density at radius 2 is 1.82 bits per heavy atom. The van der Waals surface area contributed by atoms with E-state index in [0.29, 0.717) is 16.1 Å². The van der Waals surface area contributed by atoms with Gasteiger partial charge in [-0.2, -0.15) is 0 Å². The standard InChI is InChI=1S/C17H11ClN2O2/c18-16-6-4-12(10-20-16)2-1-11-3-5-15-14(9-11)13(17(21)22)7-8-19-15/h1-10H,(H,21,22)/b2-1+. The molecule has 0 spiro atoms. The minimum absolute atomic E-state index is 0.244. The number of rotatable bonds is 3. The molecule has 2 aromatic heterocycles. The Labute approximate surface area is 131 Å². The maximum Gasteiger partial charge on any atom is 0.336 e. The lowest BCUT2D eigenvalue weighted by atomic mass is 10.1. The van der Waals surface area contributed by atoms with Crippen molar-refractivity contribution < 1.29 is 9.90 Å². The van der Waals surface area contributed by atoms with Gasteiger partial charge in [0.2, 0.25) is 0 Å². The van der Waals surface area contributed by atoms with Gasteiger partial charge in [0, 0.05) is 17.8 Å². The highest BCUT2D eigenvalue weighted by molar-refractivity contribution is 6.29. The Hall–Kier alpha value is -2.72. The third-order valence-electron chi connectivity index (χ3n) is 3.21. The van der Waals surface area contributed by atoms with Crippen LogP contribution in [-0.2, 0) is 0 Å². The molecule has 2 heterocycles. The van der Waals surface area contributed by atoms with Crippen molar-refractivity contribution >= 4 is 40.6 Å². The Balaban J connectivity index is 1.99. The van der Waals surface area contributed by atoms with Crippen molar-refractivity contribution in [2.75, 3.05) is 0 Å². The van der Waals surface area contributed by atoms with Gasteiger partial charge in [-0.25, -0.2) is 9.78 Å². The maximum absolute atomic E-state index is 11.3. The van der Waals surface area contributed by atoms with Crippen molar-refractivity contribution in [2.24, 2.45) is 0 Å². The lowest BCUT2D eigenvalue weighted by Crippen LogP contribution is -1.98. The summed E-state index contributed by atoms with van der Waals surface area (Å²) in [5.74, 6) is -0.963. The molecule has 22 heavy (non-hydrogen) atoms. The van der Waals surface area contributed by atoms with Crippen LogP contribution in [0.15, 0.2) is 48.8 Å². The van der Waals surface area contributed by atoms with Crippen molar-refractivity contribution in [1.82, 2.24) is 9.97 Å². The first-order chi connectivity index (χ1) is 10.6. The molecular weight excluding hydrogens is 300 g/mol. The highest BCUT2D eigenvalue weighted by atomic mass is 35.5. The van der Waals surface area contributed by atoms with Crippen LogP contribution < -0.4 is 0 Å². The highest BCUT2D eigenvalue weighted by Gasteiger charge is 2.08. The van der Waals surface area contributed by atoms with E-state index < -0.39 is 5.97 Å². The minimum Gasteiger partial charge on any atom is -0.478 e. The molecule has 0 bridgehead atoms. The molecule has 3 rings (SSSR count). The number of carbonyl (C=O) groups is 1. The van der Waals surface area contributed by atoms with Gasteiger partial charge in [-0.05, 0) is 35.4 Å². The van der Waals surface area contributed by atoms with E-state index >= 15 is 0 Å². The normalized spacial score (nSPS) is 11.1. The molecule has 1 aromatic carbocycles. The SMILES string of the molecule is O=C(O)c1ccnc2ccc(/C=C/c3ccc(Cl)nc3)cc12. The van der Waals surface area contributed by atoms with Gasteiger partial charge in [-0.15, -0.1) is 0 Å². The number of hydrogen-bond acceptors (Lipinski definition) is 3. The molecule has 1 N–H and O–H groups in total. The summed E-state index contributed by atoms with van der Waals surface area (Å²) in [5.41, 5.74) is 2.70.